The highest BCUT2D eigenvalue weighted by Gasteiger charge is 2.23. The molecule has 2 amide bonds. The van der Waals surface area contributed by atoms with Crippen LogP contribution in [-0.4, -0.2) is 23.6 Å². The summed E-state index contributed by atoms with van der Waals surface area (Å²) in [4.78, 5) is 27.0. The number of hydrogen-bond donors (Lipinski definition) is 1. The lowest BCUT2D eigenvalue weighted by Crippen LogP contribution is -2.23. The Morgan fingerprint density at radius 2 is 2.32 bits per heavy atom. The van der Waals surface area contributed by atoms with Crippen LogP contribution in [0, 0.1) is 0 Å². The van der Waals surface area contributed by atoms with Gasteiger partial charge in [-0.1, -0.05) is 24.3 Å². The Morgan fingerprint density at radius 3 is 3.00 bits per heavy atom. The summed E-state index contributed by atoms with van der Waals surface area (Å²) in [5.74, 6) is -0.111. The Kier molecular flexibility index (Phi) is 5.41. The van der Waals surface area contributed by atoms with Crippen LogP contribution in [0.15, 0.2) is 40.8 Å². The first-order chi connectivity index (χ1) is 10.5. The number of aliphatic imine (C=N–C) groups is 1. The van der Waals surface area contributed by atoms with Crippen molar-refractivity contribution in [3.05, 3.63) is 46.3 Å². The fraction of sp³-hybridized carbons (Fsp3) is 0.133. The zero-order chi connectivity index (χ0) is 16.1. The van der Waals surface area contributed by atoms with Gasteiger partial charge < -0.3 is 10.1 Å². The topological polar surface area (TPSA) is 67.8 Å². The molecule has 0 radical (unpaired) electrons. The zero-order valence-corrected chi connectivity index (χ0v) is 13.3. The number of carbonyl (C=O) groups is 2. The molecule has 0 atom stereocenters. The molecule has 1 aliphatic heterocycles. The molecule has 0 saturated carbocycles. The number of carbonyl (C=O) groups excluding carboxylic acids is 2. The van der Waals surface area contributed by atoms with E-state index in [1.54, 1.807) is 30.4 Å². The fourth-order valence-corrected chi connectivity index (χ4v) is 2.70. The van der Waals surface area contributed by atoms with E-state index in [1.807, 2.05) is 0 Å². The lowest BCUT2D eigenvalue weighted by Gasteiger charge is -2.08. The maximum absolute atomic E-state index is 11.9. The number of amides is 2. The lowest BCUT2D eigenvalue weighted by atomic mass is 10.2. The first kappa shape index (κ1) is 16.3. The van der Waals surface area contributed by atoms with Crippen LogP contribution in [0.2, 0.25) is 5.02 Å². The van der Waals surface area contributed by atoms with Gasteiger partial charge in [0.05, 0.1) is 4.91 Å². The molecule has 0 fully saturated rings. The molecule has 0 spiro atoms. The highest BCUT2D eigenvalue weighted by molar-refractivity contribution is 8.18. The summed E-state index contributed by atoms with van der Waals surface area (Å²) >= 11 is 7.08. The van der Waals surface area contributed by atoms with E-state index in [0.29, 0.717) is 27.8 Å². The van der Waals surface area contributed by atoms with E-state index in [2.05, 4.69) is 16.9 Å². The van der Waals surface area contributed by atoms with Crippen molar-refractivity contribution in [1.29, 1.82) is 0 Å². The number of nitrogens with zero attached hydrogens (tertiary/aromatic N) is 1. The summed E-state index contributed by atoms with van der Waals surface area (Å²) in [6.45, 7) is 5.29. The van der Waals surface area contributed by atoms with E-state index in [1.165, 1.54) is 6.92 Å². The van der Waals surface area contributed by atoms with Gasteiger partial charge in [-0.2, -0.15) is 4.99 Å². The van der Waals surface area contributed by atoms with E-state index in [-0.39, 0.29) is 11.1 Å². The van der Waals surface area contributed by atoms with Crippen molar-refractivity contribution in [2.75, 3.05) is 6.61 Å². The number of nitrogens with one attached hydrogen (secondary N) is 1. The quantitative estimate of drug-likeness (QED) is 0.678. The Hall–Kier alpha value is -2.05. The standard InChI is InChI=1S/C15H13ClN2O3S/c1-3-6-21-12-5-4-11(16)7-10(12)8-13-14(20)18-15(22-13)17-9(2)19/h3-5,7-8H,1,6H2,2H3,(H,17,18,19,20)/b13-8+. The monoisotopic (exact) mass is 336 g/mol. The molecule has 5 nitrogen and oxygen atoms in total. The number of hydrogen-bond acceptors (Lipinski definition) is 4. The highest BCUT2D eigenvalue weighted by Crippen LogP contribution is 2.31. The lowest BCUT2D eigenvalue weighted by molar-refractivity contribution is -0.117. The molecular weight excluding hydrogens is 324 g/mol. The van der Waals surface area contributed by atoms with Crippen molar-refractivity contribution in [2.24, 2.45) is 4.99 Å². The van der Waals surface area contributed by atoms with Gasteiger partial charge in [0.15, 0.2) is 5.17 Å². The third-order valence-corrected chi connectivity index (χ3v) is 3.65. The summed E-state index contributed by atoms with van der Waals surface area (Å²) in [5.41, 5.74) is 0.657. The van der Waals surface area contributed by atoms with Crippen LogP contribution in [0.5, 0.6) is 5.75 Å². The minimum absolute atomic E-state index is 0.263. The van der Waals surface area contributed by atoms with E-state index in [9.17, 15) is 9.59 Å². The Labute approximate surface area is 137 Å². The predicted molar refractivity (Wildman–Crippen MR) is 89.0 cm³/mol. The molecule has 0 bridgehead atoms. The van der Waals surface area contributed by atoms with E-state index in [0.717, 1.165) is 11.8 Å². The molecule has 7 heteroatoms. The molecule has 1 N–H and O–H groups in total. The first-order valence-electron chi connectivity index (χ1n) is 6.33. The third-order valence-electron chi connectivity index (χ3n) is 2.52. The van der Waals surface area contributed by atoms with Crippen molar-refractivity contribution in [3.8, 4) is 5.75 Å². The molecule has 22 heavy (non-hydrogen) atoms. The zero-order valence-electron chi connectivity index (χ0n) is 11.8. The van der Waals surface area contributed by atoms with Crippen molar-refractivity contribution in [1.82, 2.24) is 5.32 Å². The first-order valence-corrected chi connectivity index (χ1v) is 7.52. The minimum atomic E-state index is -0.414. The Balaban J connectivity index is 2.26. The van der Waals surface area contributed by atoms with Crippen LogP contribution in [0.4, 0.5) is 0 Å². The number of thioether (sulfide) groups is 1. The molecule has 1 aliphatic rings. The largest absolute Gasteiger partial charge is 0.489 e. The van der Waals surface area contributed by atoms with Crippen molar-refractivity contribution >= 4 is 46.4 Å². The number of benzene rings is 1. The minimum Gasteiger partial charge on any atom is -0.489 e. The van der Waals surface area contributed by atoms with Gasteiger partial charge in [-0.15, -0.1) is 0 Å². The van der Waals surface area contributed by atoms with E-state index in [4.69, 9.17) is 16.3 Å². The summed E-state index contributed by atoms with van der Waals surface area (Å²) in [6.07, 6.45) is 3.26. The van der Waals surface area contributed by atoms with Crippen LogP contribution in [-0.2, 0) is 9.59 Å². The smallest absolute Gasteiger partial charge is 0.286 e. The van der Waals surface area contributed by atoms with E-state index >= 15 is 0 Å². The van der Waals surface area contributed by atoms with Gasteiger partial charge in [0.2, 0.25) is 5.91 Å². The third kappa shape index (κ3) is 4.22. The van der Waals surface area contributed by atoms with Crippen LogP contribution >= 0.6 is 23.4 Å². The summed E-state index contributed by atoms with van der Waals surface area (Å²) in [6, 6.07) is 5.11. The van der Waals surface area contributed by atoms with Crippen LogP contribution < -0.4 is 10.1 Å². The molecule has 0 unspecified atom stereocenters. The predicted octanol–water partition coefficient (Wildman–Crippen LogP) is 3.01. The van der Waals surface area contributed by atoms with Gasteiger partial charge in [0.25, 0.3) is 5.91 Å². The van der Waals surface area contributed by atoms with Gasteiger partial charge in [0.1, 0.15) is 12.4 Å². The molecule has 114 valence electrons. The molecule has 2 rings (SSSR count). The van der Waals surface area contributed by atoms with Crippen LogP contribution in [0.1, 0.15) is 12.5 Å². The second kappa shape index (κ2) is 7.29. The van der Waals surface area contributed by atoms with Gasteiger partial charge >= 0.3 is 0 Å². The maximum Gasteiger partial charge on any atom is 0.286 e. The van der Waals surface area contributed by atoms with E-state index < -0.39 is 5.91 Å². The second-order valence-corrected chi connectivity index (χ2v) is 5.76. The van der Waals surface area contributed by atoms with Crippen molar-refractivity contribution in [3.63, 3.8) is 0 Å². The molecule has 1 aromatic carbocycles. The van der Waals surface area contributed by atoms with Crippen LogP contribution in [0.3, 0.4) is 0 Å². The van der Waals surface area contributed by atoms with Gasteiger partial charge in [-0.05, 0) is 36.0 Å². The molecule has 0 aliphatic carbocycles. The Bertz CT molecular complexity index is 698. The molecular formula is C15H13ClN2O3S. The highest BCUT2D eigenvalue weighted by atomic mass is 35.5. The number of amidine groups is 1. The maximum atomic E-state index is 11.9. The van der Waals surface area contributed by atoms with Gasteiger partial charge in [-0.3, -0.25) is 9.59 Å². The SMILES string of the molecule is C=CCOc1ccc(Cl)cc1/C=C1/SC(NC(C)=O)=NC1=O. The summed E-state index contributed by atoms with van der Waals surface area (Å²) in [7, 11) is 0. The van der Waals surface area contributed by atoms with Gasteiger partial charge in [-0.25, -0.2) is 0 Å². The number of ether oxygens (including phenoxy) is 1. The molecule has 0 saturated heterocycles. The fourth-order valence-electron chi connectivity index (χ4n) is 1.67. The normalized spacial score (nSPS) is 15.6. The van der Waals surface area contributed by atoms with Gasteiger partial charge in [0, 0.05) is 17.5 Å². The number of rotatable bonds is 4. The summed E-state index contributed by atoms with van der Waals surface area (Å²) in [5, 5.41) is 3.28. The summed E-state index contributed by atoms with van der Waals surface area (Å²) < 4.78 is 5.53. The van der Waals surface area contributed by atoms with Crippen molar-refractivity contribution in [2.45, 2.75) is 6.92 Å². The molecule has 1 heterocycles. The Morgan fingerprint density at radius 1 is 1.55 bits per heavy atom. The average Bonchev–Trinajstić information content (AvgIpc) is 2.77. The van der Waals surface area contributed by atoms with Crippen molar-refractivity contribution < 1.29 is 14.3 Å². The second-order valence-electron chi connectivity index (χ2n) is 4.30. The molecule has 0 aromatic heterocycles. The van der Waals surface area contributed by atoms with Crippen LogP contribution in [0.25, 0.3) is 6.08 Å². The molecule has 1 aromatic rings. The number of halogens is 1. The average molecular weight is 337 g/mol.